The van der Waals surface area contributed by atoms with Crippen LogP contribution < -0.4 is 5.32 Å². The third kappa shape index (κ3) is 2.56. The fourth-order valence-electron chi connectivity index (χ4n) is 2.97. The first-order chi connectivity index (χ1) is 8.90. The molecule has 0 heterocycles. The van der Waals surface area contributed by atoms with Crippen LogP contribution in [0.2, 0.25) is 0 Å². The van der Waals surface area contributed by atoms with Gasteiger partial charge in [0.15, 0.2) is 0 Å². The minimum atomic E-state index is -0.853. The molecule has 0 saturated heterocycles. The minimum Gasteiger partial charge on any atom is -0.387 e. The van der Waals surface area contributed by atoms with E-state index in [0.29, 0.717) is 19.6 Å². The smallest absolute Gasteiger partial charge is 0.223 e. The van der Waals surface area contributed by atoms with Crippen molar-refractivity contribution in [3.05, 3.63) is 12.2 Å². The van der Waals surface area contributed by atoms with Crippen molar-refractivity contribution < 1.29 is 14.6 Å². The van der Waals surface area contributed by atoms with E-state index in [4.69, 9.17) is 4.74 Å². The molecule has 0 aromatic rings. The highest BCUT2D eigenvalue weighted by Crippen LogP contribution is 2.50. The van der Waals surface area contributed by atoms with Crippen molar-refractivity contribution >= 4 is 5.91 Å². The number of hydrogen-bond donors (Lipinski definition) is 2. The molecule has 0 aromatic carbocycles. The zero-order valence-electron chi connectivity index (χ0n) is 12.1. The Balaban J connectivity index is 1.84. The van der Waals surface area contributed by atoms with Gasteiger partial charge in [0.25, 0.3) is 0 Å². The largest absolute Gasteiger partial charge is 0.387 e. The van der Waals surface area contributed by atoms with E-state index in [9.17, 15) is 9.90 Å². The van der Waals surface area contributed by atoms with Crippen molar-refractivity contribution in [3.63, 3.8) is 0 Å². The normalized spacial score (nSPS) is 33.2. The van der Waals surface area contributed by atoms with Gasteiger partial charge in [0.2, 0.25) is 5.91 Å². The van der Waals surface area contributed by atoms with Crippen molar-refractivity contribution in [2.24, 2.45) is 11.3 Å². The van der Waals surface area contributed by atoms with Gasteiger partial charge in [0.05, 0.1) is 11.7 Å². The summed E-state index contributed by atoms with van der Waals surface area (Å²) in [6.45, 7) is 6.94. The average Bonchev–Trinajstić information content (AvgIpc) is 2.89. The van der Waals surface area contributed by atoms with Crippen LogP contribution in [0, 0.1) is 11.3 Å². The first-order valence-electron chi connectivity index (χ1n) is 7.17. The second kappa shape index (κ2) is 5.25. The van der Waals surface area contributed by atoms with Gasteiger partial charge < -0.3 is 15.2 Å². The van der Waals surface area contributed by atoms with E-state index in [1.807, 2.05) is 32.9 Å². The second-order valence-electron chi connectivity index (χ2n) is 6.26. The van der Waals surface area contributed by atoms with Crippen LogP contribution in [0.3, 0.4) is 0 Å². The van der Waals surface area contributed by atoms with Gasteiger partial charge in [0, 0.05) is 30.9 Å². The standard InChI is InChI=1S/C15H25NO3/c1-4-19-12-9-15(18,14(12,2)3)10-16-13(17)11-7-5-6-8-11/h5-6,11-12,18H,4,7-10H2,1-3H3,(H,16,17)/t12-,15-/m1/s1. The number of aliphatic hydroxyl groups is 1. The summed E-state index contributed by atoms with van der Waals surface area (Å²) in [6.07, 6.45) is 6.38. The highest BCUT2D eigenvalue weighted by atomic mass is 16.5. The molecule has 0 radical (unpaired) electrons. The van der Waals surface area contributed by atoms with Crippen molar-refractivity contribution in [3.8, 4) is 0 Å². The molecule has 4 heteroatoms. The maximum Gasteiger partial charge on any atom is 0.223 e. The van der Waals surface area contributed by atoms with Crippen LogP contribution in [0.5, 0.6) is 0 Å². The number of nitrogens with one attached hydrogen (secondary N) is 1. The lowest BCUT2D eigenvalue weighted by atomic mass is 9.56. The molecule has 2 rings (SSSR count). The zero-order chi connectivity index (χ0) is 14.1. The Morgan fingerprint density at radius 3 is 2.58 bits per heavy atom. The van der Waals surface area contributed by atoms with Crippen molar-refractivity contribution in [1.82, 2.24) is 5.32 Å². The van der Waals surface area contributed by atoms with Gasteiger partial charge >= 0.3 is 0 Å². The minimum absolute atomic E-state index is 0.0501. The van der Waals surface area contributed by atoms with E-state index < -0.39 is 5.60 Å². The molecule has 0 spiro atoms. The van der Waals surface area contributed by atoms with Gasteiger partial charge in [0.1, 0.15) is 0 Å². The molecular formula is C15H25NO3. The van der Waals surface area contributed by atoms with Crippen molar-refractivity contribution in [2.45, 2.75) is 51.7 Å². The highest BCUT2D eigenvalue weighted by molar-refractivity contribution is 5.79. The molecule has 108 valence electrons. The summed E-state index contributed by atoms with van der Waals surface area (Å²) in [6, 6.07) is 0. The maximum absolute atomic E-state index is 12.0. The average molecular weight is 267 g/mol. The molecule has 1 saturated carbocycles. The second-order valence-corrected chi connectivity index (χ2v) is 6.26. The third-order valence-corrected chi connectivity index (χ3v) is 4.83. The van der Waals surface area contributed by atoms with Crippen LogP contribution in [-0.2, 0) is 9.53 Å². The third-order valence-electron chi connectivity index (χ3n) is 4.83. The number of carbonyl (C=O) groups excluding carboxylic acids is 1. The Morgan fingerprint density at radius 1 is 1.42 bits per heavy atom. The quantitative estimate of drug-likeness (QED) is 0.744. The number of carbonyl (C=O) groups is 1. The SMILES string of the molecule is CCO[C@@H]1C[C@@](O)(CNC(=O)C2CC=CC2)C1(C)C. The Bertz CT molecular complexity index is 370. The van der Waals surface area contributed by atoms with Gasteiger partial charge in [-0.1, -0.05) is 26.0 Å². The molecule has 19 heavy (non-hydrogen) atoms. The monoisotopic (exact) mass is 267 g/mol. The fourth-order valence-corrected chi connectivity index (χ4v) is 2.97. The van der Waals surface area contributed by atoms with Crippen molar-refractivity contribution in [1.29, 1.82) is 0 Å². The summed E-state index contributed by atoms with van der Waals surface area (Å²) in [5, 5.41) is 13.5. The predicted molar refractivity (Wildman–Crippen MR) is 73.6 cm³/mol. The molecule has 2 aliphatic rings. The number of hydrogen-bond acceptors (Lipinski definition) is 3. The van der Waals surface area contributed by atoms with E-state index in [2.05, 4.69) is 5.32 Å². The summed E-state index contributed by atoms with van der Waals surface area (Å²) < 4.78 is 5.61. The Labute approximate surface area is 115 Å². The Hall–Kier alpha value is -0.870. The Kier molecular flexibility index (Phi) is 4.02. The number of rotatable bonds is 5. The van der Waals surface area contributed by atoms with E-state index in [1.165, 1.54) is 0 Å². The van der Waals surface area contributed by atoms with Crippen LogP contribution >= 0.6 is 0 Å². The lowest BCUT2D eigenvalue weighted by Gasteiger charge is -2.58. The van der Waals surface area contributed by atoms with Crippen LogP contribution in [0.25, 0.3) is 0 Å². The van der Waals surface area contributed by atoms with Gasteiger partial charge in [-0.2, -0.15) is 0 Å². The van der Waals surface area contributed by atoms with Crippen LogP contribution in [0.15, 0.2) is 12.2 Å². The Morgan fingerprint density at radius 2 is 2.05 bits per heavy atom. The van der Waals surface area contributed by atoms with Gasteiger partial charge in [-0.3, -0.25) is 4.79 Å². The molecule has 0 aliphatic heterocycles. The van der Waals surface area contributed by atoms with Gasteiger partial charge in [-0.15, -0.1) is 0 Å². The van der Waals surface area contributed by atoms with Crippen LogP contribution in [0.1, 0.15) is 40.0 Å². The molecule has 0 bridgehead atoms. The summed E-state index contributed by atoms with van der Waals surface area (Å²) >= 11 is 0. The van der Waals surface area contributed by atoms with Crippen LogP contribution in [-0.4, -0.2) is 35.9 Å². The lowest BCUT2D eigenvalue weighted by Crippen LogP contribution is -2.68. The number of allylic oxidation sites excluding steroid dienone is 2. The molecule has 2 atom stereocenters. The molecule has 0 unspecified atom stereocenters. The first kappa shape index (κ1) is 14.5. The summed E-state index contributed by atoms with van der Waals surface area (Å²) in [4.78, 5) is 12.0. The molecular weight excluding hydrogens is 242 g/mol. The van der Waals surface area contributed by atoms with E-state index in [-0.39, 0.29) is 23.3 Å². The topological polar surface area (TPSA) is 58.6 Å². The molecule has 0 aromatic heterocycles. The van der Waals surface area contributed by atoms with E-state index >= 15 is 0 Å². The van der Waals surface area contributed by atoms with Gasteiger partial charge in [-0.25, -0.2) is 0 Å². The van der Waals surface area contributed by atoms with Gasteiger partial charge in [-0.05, 0) is 19.8 Å². The van der Waals surface area contributed by atoms with Crippen LogP contribution in [0.4, 0.5) is 0 Å². The zero-order valence-corrected chi connectivity index (χ0v) is 12.1. The molecule has 1 amide bonds. The number of amides is 1. The molecule has 1 fully saturated rings. The fraction of sp³-hybridized carbons (Fsp3) is 0.800. The van der Waals surface area contributed by atoms with Crippen molar-refractivity contribution in [2.75, 3.05) is 13.2 Å². The summed E-state index contributed by atoms with van der Waals surface area (Å²) in [5.41, 5.74) is -1.17. The molecule has 2 N–H and O–H groups in total. The number of ether oxygens (including phenoxy) is 1. The molecule has 2 aliphatic carbocycles. The van der Waals surface area contributed by atoms with E-state index in [0.717, 1.165) is 12.8 Å². The predicted octanol–water partition coefficient (Wildman–Crippen LogP) is 1.63. The first-order valence-corrected chi connectivity index (χ1v) is 7.17. The molecule has 4 nitrogen and oxygen atoms in total. The summed E-state index contributed by atoms with van der Waals surface area (Å²) in [5.74, 6) is 0.101. The highest BCUT2D eigenvalue weighted by Gasteiger charge is 2.59. The lowest BCUT2D eigenvalue weighted by molar-refractivity contribution is -0.238. The summed E-state index contributed by atoms with van der Waals surface area (Å²) in [7, 11) is 0. The maximum atomic E-state index is 12.0. The van der Waals surface area contributed by atoms with E-state index in [1.54, 1.807) is 0 Å².